The first-order valence-corrected chi connectivity index (χ1v) is 12.6. The van der Waals surface area contributed by atoms with Gasteiger partial charge in [0.1, 0.15) is 5.82 Å². The van der Waals surface area contributed by atoms with Crippen molar-refractivity contribution in [1.82, 2.24) is 0 Å². The maximum absolute atomic E-state index is 15.1. The average molecular weight is 449 g/mol. The van der Waals surface area contributed by atoms with Crippen LogP contribution in [0.3, 0.4) is 0 Å². The average Bonchev–Trinajstić information content (AvgIpc) is 2.88. The quantitative estimate of drug-likeness (QED) is 0.186. The molecule has 0 aliphatic carbocycles. The molecule has 4 aromatic rings. The first-order chi connectivity index (χ1) is 16.7. The van der Waals surface area contributed by atoms with Crippen LogP contribution in [-0.2, 0) is 12.8 Å². The lowest BCUT2D eigenvalue weighted by Gasteiger charge is -2.06. The molecule has 0 fully saturated rings. The van der Waals surface area contributed by atoms with Crippen LogP contribution in [0.4, 0.5) is 4.39 Å². The minimum Gasteiger partial charge on any atom is -0.205 e. The Balaban J connectivity index is 1.48. The van der Waals surface area contributed by atoms with E-state index in [2.05, 4.69) is 68.2 Å². The minimum atomic E-state index is -0.232. The van der Waals surface area contributed by atoms with Gasteiger partial charge in [0.25, 0.3) is 0 Å². The van der Waals surface area contributed by atoms with Gasteiger partial charge in [-0.2, -0.15) is 0 Å². The molecule has 4 rings (SSSR count). The minimum absolute atomic E-state index is 0.232. The number of fused-ring (bicyclic) bond motifs is 1. The third kappa shape index (κ3) is 5.95. The van der Waals surface area contributed by atoms with Gasteiger partial charge in [0.05, 0.1) is 5.56 Å². The van der Waals surface area contributed by atoms with Gasteiger partial charge in [0.15, 0.2) is 0 Å². The van der Waals surface area contributed by atoms with E-state index in [1.807, 2.05) is 30.3 Å². The zero-order chi connectivity index (χ0) is 23.8. The standard InChI is InChI=1S/C33H33F/c1-3-5-7-9-27-15-23-32-31(24-27)22-21-30(33(32)34)20-14-26-12-18-29(19-13-26)28-16-10-25(11-17-28)8-6-4-2/h10-13,15-19,21-24H,3-9H2,1-2H3. The normalized spacial score (nSPS) is 10.8. The van der Waals surface area contributed by atoms with Crippen LogP contribution in [0.25, 0.3) is 21.9 Å². The maximum atomic E-state index is 15.1. The molecule has 4 aromatic carbocycles. The zero-order valence-corrected chi connectivity index (χ0v) is 20.3. The van der Waals surface area contributed by atoms with Gasteiger partial charge in [-0.1, -0.05) is 106 Å². The van der Waals surface area contributed by atoms with Gasteiger partial charge in [-0.05, 0) is 71.5 Å². The van der Waals surface area contributed by atoms with Crippen LogP contribution in [-0.4, -0.2) is 0 Å². The fourth-order valence-electron chi connectivity index (χ4n) is 4.30. The van der Waals surface area contributed by atoms with E-state index in [0.717, 1.165) is 23.8 Å². The summed E-state index contributed by atoms with van der Waals surface area (Å²) in [7, 11) is 0. The van der Waals surface area contributed by atoms with E-state index in [-0.39, 0.29) is 5.82 Å². The fourth-order valence-corrected chi connectivity index (χ4v) is 4.30. The van der Waals surface area contributed by atoms with Gasteiger partial charge in [-0.15, -0.1) is 0 Å². The SMILES string of the molecule is CCCCCc1ccc2c(F)c(C#Cc3ccc(-c4ccc(CCCC)cc4)cc3)ccc2c1. The smallest absolute Gasteiger partial charge is 0.146 e. The highest BCUT2D eigenvalue weighted by Crippen LogP contribution is 2.24. The summed E-state index contributed by atoms with van der Waals surface area (Å²) in [5.74, 6) is 5.94. The summed E-state index contributed by atoms with van der Waals surface area (Å²) >= 11 is 0. The molecule has 0 saturated heterocycles. The molecule has 0 heterocycles. The van der Waals surface area contributed by atoms with Crippen molar-refractivity contribution in [2.75, 3.05) is 0 Å². The molecule has 0 spiro atoms. The van der Waals surface area contributed by atoms with Gasteiger partial charge in [-0.3, -0.25) is 0 Å². The topological polar surface area (TPSA) is 0 Å². The van der Waals surface area contributed by atoms with Crippen LogP contribution >= 0.6 is 0 Å². The molecule has 0 atom stereocenters. The molecule has 0 aliphatic heterocycles. The molecule has 0 bridgehead atoms. The molecule has 0 aliphatic rings. The highest BCUT2D eigenvalue weighted by Gasteiger charge is 2.07. The van der Waals surface area contributed by atoms with E-state index in [1.54, 1.807) is 6.07 Å². The van der Waals surface area contributed by atoms with Crippen molar-refractivity contribution in [3.05, 3.63) is 107 Å². The Labute approximate surface area is 203 Å². The third-order valence-corrected chi connectivity index (χ3v) is 6.42. The molecule has 34 heavy (non-hydrogen) atoms. The lowest BCUT2D eigenvalue weighted by molar-refractivity contribution is 0.636. The third-order valence-electron chi connectivity index (χ3n) is 6.42. The molecular weight excluding hydrogens is 415 g/mol. The van der Waals surface area contributed by atoms with Gasteiger partial charge in [0, 0.05) is 10.9 Å². The Bertz CT molecular complexity index is 1280. The van der Waals surface area contributed by atoms with Gasteiger partial charge >= 0.3 is 0 Å². The Morgan fingerprint density at radius 1 is 0.618 bits per heavy atom. The maximum Gasteiger partial charge on any atom is 0.146 e. The van der Waals surface area contributed by atoms with Crippen molar-refractivity contribution in [3.8, 4) is 23.0 Å². The number of aryl methyl sites for hydroxylation is 2. The van der Waals surface area contributed by atoms with Gasteiger partial charge < -0.3 is 0 Å². The van der Waals surface area contributed by atoms with Crippen molar-refractivity contribution in [2.24, 2.45) is 0 Å². The Morgan fingerprint density at radius 3 is 1.97 bits per heavy atom. The van der Waals surface area contributed by atoms with E-state index in [4.69, 9.17) is 0 Å². The van der Waals surface area contributed by atoms with Crippen molar-refractivity contribution in [2.45, 2.75) is 58.8 Å². The molecule has 0 radical (unpaired) electrons. The van der Waals surface area contributed by atoms with Crippen molar-refractivity contribution >= 4 is 10.8 Å². The van der Waals surface area contributed by atoms with Crippen LogP contribution in [0, 0.1) is 17.7 Å². The molecule has 0 unspecified atom stereocenters. The van der Waals surface area contributed by atoms with E-state index in [9.17, 15) is 0 Å². The fraction of sp³-hybridized carbons (Fsp3) is 0.273. The summed E-state index contributed by atoms with van der Waals surface area (Å²) in [6.45, 7) is 4.43. The van der Waals surface area contributed by atoms with Crippen LogP contribution in [0.5, 0.6) is 0 Å². The molecular formula is C33H33F. The predicted octanol–water partition coefficient (Wildman–Crippen LogP) is 9.12. The molecule has 0 aromatic heterocycles. The predicted molar refractivity (Wildman–Crippen MR) is 144 cm³/mol. The molecule has 0 N–H and O–H groups in total. The number of hydrogen-bond donors (Lipinski definition) is 0. The van der Waals surface area contributed by atoms with E-state index in [0.29, 0.717) is 10.9 Å². The van der Waals surface area contributed by atoms with Crippen molar-refractivity contribution < 1.29 is 4.39 Å². The first-order valence-electron chi connectivity index (χ1n) is 12.6. The van der Waals surface area contributed by atoms with Crippen LogP contribution in [0.2, 0.25) is 0 Å². The molecule has 0 nitrogen and oxygen atoms in total. The number of halogens is 1. The highest BCUT2D eigenvalue weighted by atomic mass is 19.1. The second kappa shape index (κ2) is 11.7. The van der Waals surface area contributed by atoms with Crippen LogP contribution < -0.4 is 0 Å². The lowest BCUT2D eigenvalue weighted by atomic mass is 10.00. The van der Waals surface area contributed by atoms with Crippen LogP contribution in [0.15, 0.2) is 78.9 Å². The van der Waals surface area contributed by atoms with Crippen molar-refractivity contribution in [3.63, 3.8) is 0 Å². The monoisotopic (exact) mass is 448 g/mol. The van der Waals surface area contributed by atoms with E-state index < -0.39 is 0 Å². The molecule has 0 saturated carbocycles. The molecule has 172 valence electrons. The summed E-state index contributed by atoms with van der Waals surface area (Å²) in [6.07, 6.45) is 8.24. The largest absolute Gasteiger partial charge is 0.205 e. The summed E-state index contributed by atoms with van der Waals surface area (Å²) in [6, 6.07) is 26.8. The molecule has 1 heteroatoms. The Morgan fingerprint density at radius 2 is 1.26 bits per heavy atom. The number of benzene rings is 4. The second-order valence-corrected chi connectivity index (χ2v) is 9.07. The Hall–Kier alpha value is -3.37. The van der Waals surface area contributed by atoms with E-state index >= 15 is 4.39 Å². The molecule has 0 amide bonds. The van der Waals surface area contributed by atoms with Crippen LogP contribution in [0.1, 0.15) is 68.2 Å². The van der Waals surface area contributed by atoms with Gasteiger partial charge in [0.2, 0.25) is 0 Å². The summed E-state index contributed by atoms with van der Waals surface area (Å²) in [5.41, 5.74) is 6.36. The zero-order valence-electron chi connectivity index (χ0n) is 20.3. The number of rotatable bonds is 8. The summed E-state index contributed by atoms with van der Waals surface area (Å²) in [5, 5.41) is 1.59. The summed E-state index contributed by atoms with van der Waals surface area (Å²) < 4.78 is 15.1. The summed E-state index contributed by atoms with van der Waals surface area (Å²) in [4.78, 5) is 0. The second-order valence-electron chi connectivity index (χ2n) is 9.07. The van der Waals surface area contributed by atoms with Crippen molar-refractivity contribution in [1.29, 1.82) is 0 Å². The Kier molecular flexibility index (Phi) is 8.16. The van der Waals surface area contributed by atoms with Gasteiger partial charge in [-0.25, -0.2) is 4.39 Å². The lowest BCUT2D eigenvalue weighted by Crippen LogP contribution is -1.90. The number of unbranched alkanes of at least 4 members (excludes halogenated alkanes) is 3. The number of hydrogen-bond acceptors (Lipinski definition) is 0. The first kappa shape index (κ1) is 23.8. The highest BCUT2D eigenvalue weighted by molar-refractivity contribution is 5.85. The van der Waals surface area contributed by atoms with E-state index in [1.165, 1.54) is 54.4 Å².